The lowest BCUT2D eigenvalue weighted by Crippen LogP contribution is -2.06. The van der Waals surface area contributed by atoms with Gasteiger partial charge in [-0.1, -0.05) is 15.9 Å². The number of rotatable bonds is 3. The number of hydrogen-bond acceptors (Lipinski definition) is 5. The van der Waals surface area contributed by atoms with Gasteiger partial charge in [0.1, 0.15) is 18.2 Å². The number of halogens is 1. The molecule has 0 bridgehead atoms. The Hall–Kier alpha value is -2.15. The second kappa shape index (κ2) is 5.33. The molecule has 2 N–H and O–H groups in total. The Morgan fingerprint density at radius 3 is 2.90 bits per heavy atom. The van der Waals surface area contributed by atoms with E-state index in [2.05, 4.69) is 31.0 Å². The van der Waals surface area contributed by atoms with E-state index in [1.165, 1.54) is 0 Å². The predicted molar refractivity (Wildman–Crippen MR) is 83.9 cm³/mol. The molecular formula is C14H14BrN5O. The van der Waals surface area contributed by atoms with Gasteiger partial charge in [0, 0.05) is 11.5 Å². The van der Waals surface area contributed by atoms with Gasteiger partial charge in [0.15, 0.2) is 11.5 Å². The van der Waals surface area contributed by atoms with Gasteiger partial charge in [-0.3, -0.25) is 4.68 Å². The summed E-state index contributed by atoms with van der Waals surface area (Å²) in [4.78, 5) is 8.69. The molecule has 0 saturated heterocycles. The van der Waals surface area contributed by atoms with Crippen LogP contribution in [0.4, 0.5) is 5.82 Å². The molecule has 6 nitrogen and oxygen atoms in total. The number of nitrogens with two attached hydrogens (primary N) is 1. The van der Waals surface area contributed by atoms with Crippen LogP contribution in [-0.2, 0) is 13.7 Å². The summed E-state index contributed by atoms with van der Waals surface area (Å²) >= 11 is 3.43. The molecular weight excluding hydrogens is 334 g/mol. The van der Waals surface area contributed by atoms with Crippen molar-refractivity contribution in [2.45, 2.75) is 13.5 Å². The average molecular weight is 348 g/mol. The molecule has 0 saturated carbocycles. The van der Waals surface area contributed by atoms with Crippen LogP contribution in [0.3, 0.4) is 0 Å². The van der Waals surface area contributed by atoms with Gasteiger partial charge >= 0.3 is 0 Å². The second-order valence-electron chi connectivity index (χ2n) is 4.73. The average Bonchev–Trinajstić information content (AvgIpc) is 2.80. The monoisotopic (exact) mass is 347 g/mol. The van der Waals surface area contributed by atoms with Crippen molar-refractivity contribution in [2.75, 3.05) is 5.73 Å². The molecule has 3 aromatic rings. The molecule has 2 aromatic heterocycles. The Morgan fingerprint density at radius 2 is 2.14 bits per heavy atom. The Kier molecular flexibility index (Phi) is 3.50. The highest BCUT2D eigenvalue weighted by atomic mass is 79.9. The molecule has 21 heavy (non-hydrogen) atoms. The zero-order chi connectivity index (χ0) is 15.0. The van der Waals surface area contributed by atoms with E-state index in [1.807, 2.05) is 32.2 Å². The van der Waals surface area contributed by atoms with E-state index in [1.54, 1.807) is 10.9 Å². The van der Waals surface area contributed by atoms with Crippen LogP contribution in [0.5, 0.6) is 5.75 Å². The quantitative estimate of drug-likeness (QED) is 0.787. The minimum atomic E-state index is 0.258. The first-order valence-electron chi connectivity index (χ1n) is 6.37. The first-order valence-corrected chi connectivity index (χ1v) is 7.17. The maximum atomic E-state index is 5.92. The van der Waals surface area contributed by atoms with Gasteiger partial charge in [0.2, 0.25) is 0 Å². The minimum absolute atomic E-state index is 0.258. The third-order valence-corrected chi connectivity index (χ3v) is 3.65. The predicted octanol–water partition coefficient (Wildman–Crippen LogP) is 2.60. The number of fused-ring (bicyclic) bond motifs is 1. The fraction of sp³-hybridized carbons (Fsp3) is 0.214. The molecule has 0 aliphatic heterocycles. The van der Waals surface area contributed by atoms with Gasteiger partial charge < -0.3 is 10.5 Å². The highest BCUT2D eigenvalue weighted by molar-refractivity contribution is 9.10. The van der Waals surface area contributed by atoms with Crippen molar-refractivity contribution < 1.29 is 4.74 Å². The first kappa shape index (κ1) is 13.8. The van der Waals surface area contributed by atoms with Crippen molar-refractivity contribution in [3.8, 4) is 5.75 Å². The summed E-state index contributed by atoms with van der Waals surface area (Å²) in [6, 6.07) is 5.84. The number of aryl methyl sites for hydroxylation is 2. The lowest BCUT2D eigenvalue weighted by molar-refractivity contribution is 0.294. The molecule has 0 aliphatic rings. The van der Waals surface area contributed by atoms with Crippen LogP contribution in [0.2, 0.25) is 0 Å². The van der Waals surface area contributed by atoms with Crippen LogP contribution < -0.4 is 10.5 Å². The fourth-order valence-electron chi connectivity index (χ4n) is 2.07. The number of nitrogens with zero attached hydrogens (tertiary/aromatic N) is 4. The third kappa shape index (κ3) is 2.69. The second-order valence-corrected chi connectivity index (χ2v) is 5.64. The number of ether oxygens (including phenoxy) is 1. The van der Waals surface area contributed by atoms with E-state index >= 15 is 0 Å². The smallest absolute Gasteiger partial charge is 0.170 e. The van der Waals surface area contributed by atoms with Gasteiger partial charge in [-0.2, -0.15) is 5.10 Å². The number of anilines is 1. The number of nitrogen functional groups attached to an aromatic ring is 1. The molecule has 7 heteroatoms. The first-order chi connectivity index (χ1) is 10.0. The topological polar surface area (TPSA) is 78.9 Å². The maximum absolute atomic E-state index is 5.92. The molecule has 0 radical (unpaired) electrons. The van der Waals surface area contributed by atoms with E-state index in [-0.39, 0.29) is 6.61 Å². The summed E-state index contributed by atoms with van der Waals surface area (Å²) < 4.78 is 8.45. The van der Waals surface area contributed by atoms with Crippen molar-refractivity contribution in [2.24, 2.45) is 7.05 Å². The van der Waals surface area contributed by atoms with Crippen molar-refractivity contribution >= 4 is 32.8 Å². The van der Waals surface area contributed by atoms with Crippen LogP contribution in [-0.4, -0.2) is 19.7 Å². The van der Waals surface area contributed by atoms with Crippen LogP contribution in [0.1, 0.15) is 11.4 Å². The van der Waals surface area contributed by atoms with Crippen molar-refractivity contribution in [3.05, 3.63) is 40.3 Å². The fourth-order valence-corrected chi connectivity index (χ4v) is 2.55. The molecule has 0 atom stereocenters. The summed E-state index contributed by atoms with van der Waals surface area (Å²) in [7, 11) is 1.82. The minimum Gasteiger partial charge on any atom is -0.485 e. The Labute approximate surface area is 130 Å². The Balaban J connectivity index is 1.86. The molecule has 108 valence electrons. The molecule has 1 aromatic carbocycles. The van der Waals surface area contributed by atoms with Gasteiger partial charge in [-0.25, -0.2) is 9.97 Å². The molecule has 0 fully saturated rings. The van der Waals surface area contributed by atoms with Gasteiger partial charge in [-0.05, 0) is 30.7 Å². The molecule has 0 unspecified atom stereocenters. The molecule has 0 spiro atoms. The van der Waals surface area contributed by atoms with Gasteiger partial charge in [0.05, 0.1) is 11.6 Å². The summed E-state index contributed by atoms with van der Waals surface area (Å²) in [5.41, 5.74) is 7.67. The van der Waals surface area contributed by atoms with Gasteiger partial charge in [-0.15, -0.1) is 0 Å². The molecule has 0 aliphatic carbocycles. The van der Waals surface area contributed by atoms with Crippen LogP contribution in [0, 0.1) is 6.92 Å². The summed E-state index contributed by atoms with van der Waals surface area (Å²) in [6.07, 6.45) is 1.66. The zero-order valence-electron chi connectivity index (χ0n) is 11.7. The summed E-state index contributed by atoms with van der Waals surface area (Å²) in [5.74, 6) is 1.75. The maximum Gasteiger partial charge on any atom is 0.170 e. The summed E-state index contributed by atoms with van der Waals surface area (Å²) in [5, 5.41) is 4.88. The lowest BCUT2D eigenvalue weighted by Gasteiger charge is -2.09. The third-order valence-electron chi connectivity index (χ3n) is 3.16. The highest BCUT2D eigenvalue weighted by Gasteiger charge is 2.10. The molecule has 2 heterocycles. The lowest BCUT2D eigenvalue weighted by atomic mass is 10.2. The SMILES string of the molecule is Cc1cc(Br)ccc1OCc1nc(N)c2cnn(C)c2n1. The largest absolute Gasteiger partial charge is 0.485 e. The molecule has 3 rings (SSSR count). The number of aromatic nitrogens is 4. The van der Waals surface area contributed by atoms with Gasteiger partial charge in [0.25, 0.3) is 0 Å². The van der Waals surface area contributed by atoms with Crippen LogP contribution >= 0.6 is 15.9 Å². The van der Waals surface area contributed by atoms with Crippen LogP contribution in [0.25, 0.3) is 11.0 Å². The highest BCUT2D eigenvalue weighted by Crippen LogP contribution is 2.23. The molecule has 0 amide bonds. The van der Waals surface area contributed by atoms with Crippen molar-refractivity contribution in [3.63, 3.8) is 0 Å². The van der Waals surface area contributed by atoms with Crippen molar-refractivity contribution in [1.29, 1.82) is 0 Å². The number of hydrogen-bond donors (Lipinski definition) is 1. The van der Waals surface area contributed by atoms with Crippen molar-refractivity contribution in [1.82, 2.24) is 19.7 Å². The van der Waals surface area contributed by atoms with E-state index in [0.29, 0.717) is 17.3 Å². The zero-order valence-corrected chi connectivity index (χ0v) is 13.3. The van der Waals surface area contributed by atoms with E-state index in [4.69, 9.17) is 10.5 Å². The number of benzene rings is 1. The Bertz CT molecular complexity index is 814. The van der Waals surface area contributed by atoms with E-state index in [0.717, 1.165) is 21.2 Å². The normalized spacial score (nSPS) is 11.0. The van der Waals surface area contributed by atoms with E-state index in [9.17, 15) is 0 Å². The van der Waals surface area contributed by atoms with E-state index < -0.39 is 0 Å². The standard InChI is InChI=1S/C14H14BrN5O/c1-8-5-9(15)3-4-11(8)21-7-12-18-13(16)10-6-17-20(2)14(10)19-12/h3-6H,7H2,1-2H3,(H2,16,18,19). The van der Waals surface area contributed by atoms with Crippen LogP contribution in [0.15, 0.2) is 28.9 Å². The Morgan fingerprint density at radius 1 is 1.33 bits per heavy atom. The summed E-state index contributed by atoms with van der Waals surface area (Å²) in [6.45, 7) is 2.24.